The molecule has 2 heterocycles. The molecule has 162 valence electrons. The molecule has 1 amide bonds. The highest BCUT2D eigenvalue weighted by molar-refractivity contribution is 7.99. The number of amides is 1. The molecular weight excluding hydrogens is 423 g/mol. The van der Waals surface area contributed by atoms with Crippen LogP contribution in [0.4, 0.5) is 13.2 Å². The molecule has 11 heteroatoms. The smallest absolute Gasteiger partial charge is 0.354 e. The minimum atomic E-state index is -4.42. The Balaban J connectivity index is 1.42. The van der Waals surface area contributed by atoms with E-state index in [1.54, 1.807) is 7.05 Å². The third-order valence-electron chi connectivity index (χ3n) is 5.21. The van der Waals surface area contributed by atoms with Crippen LogP contribution in [-0.2, 0) is 17.5 Å². The Hall–Kier alpha value is -1.49. The van der Waals surface area contributed by atoms with Gasteiger partial charge in [-0.15, -0.1) is 11.3 Å². The number of carbonyl (C=O) groups excluding carboxylic acids is 1. The van der Waals surface area contributed by atoms with Gasteiger partial charge >= 0.3 is 6.18 Å². The molecule has 1 aromatic heterocycles. The fourth-order valence-corrected chi connectivity index (χ4v) is 5.24. The van der Waals surface area contributed by atoms with E-state index in [0.717, 1.165) is 67.0 Å². The summed E-state index contributed by atoms with van der Waals surface area (Å²) >= 11 is 2.87. The number of aromatic nitrogens is 1. The number of aliphatic imine (C=N–C) groups is 1. The highest BCUT2D eigenvalue weighted by Crippen LogP contribution is 2.30. The van der Waals surface area contributed by atoms with Crippen LogP contribution in [0, 0.1) is 5.92 Å². The van der Waals surface area contributed by atoms with E-state index >= 15 is 0 Å². The minimum Gasteiger partial charge on any atom is -0.354 e. The molecule has 0 aromatic carbocycles. The molecule has 2 fully saturated rings. The maximum atomic E-state index is 12.6. The lowest BCUT2D eigenvalue weighted by atomic mass is 9.85. The Morgan fingerprint density at radius 3 is 2.55 bits per heavy atom. The number of guanidine groups is 1. The number of alkyl halides is 3. The molecule has 1 aliphatic carbocycles. The molecule has 0 radical (unpaired) electrons. The van der Waals surface area contributed by atoms with Gasteiger partial charge in [0.2, 0.25) is 5.91 Å². The highest BCUT2D eigenvalue weighted by Gasteiger charge is 2.34. The summed E-state index contributed by atoms with van der Waals surface area (Å²) in [5.41, 5.74) is -0.863. The van der Waals surface area contributed by atoms with Gasteiger partial charge in [0.15, 0.2) is 11.7 Å². The summed E-state index contributed by atoms with van der Waals surface area (Å²) in [5, 5.41) is 7.72. The number of thiazole rings is 1. The first-order valence-electron chi connectivity index (χ1n) is 9.72. The van der Waals surface area contributed by atoms with Crippen molar-refractivity contribution in [1.82, 2.24) is 20.5 Å². The van der Waals surface area contributed by atoms with Crippen molar-refractivity contribution in [3.05, 3.63) is 16.1 Å². The summed E-state index contributed by atoms with van der Waals surface area (Å²) in [4.78, 5) is 22.4. The van der Waals surface area contributed by atoms with Crippen LogP contribution in [0.5, 0.6) is 0 Å². The molecule has 1 saturated carbocycles. The van der Waals surface area contributed by atoms with E-state index in [0.29, 0.717) is 11.0 Å². The molecule has 1 aromatic rings. The third kappa shape index (κ3) is 6.24. The zero-order valence-electron chi connectivity index (χ0n) is 16.3. The normalized spacial score (nSPS) is 23.7. The van der Waals surface area contributed by atoms with Crippen LogP contribution in [0.1, 0.15) is 36.4 Å². The summed E-state index contributed by atoms with van der Waals surface area (Å²) in [6, 6.07) is 0.198. The van der Waals surface area contributed by atoms with Gasteiger partial charge in [0.25, 0.3) is 0 Å². The van der Waals surface area contributed by atoms with Crippen molar-refractivity contribution >= 4 is 35.0 Å². The van der Waals surface area contributed by atoms with Crippen LogP contribution in [-0.4, -0.2) is 59.4 Å². The standard InChI is InChI=1S/C18H26F3N5OS2/c1-22-17(23-10-15-25-14(11-29-15)18(19,20)21)24-13-4-2-12(3-5-13)16(27)26-6-8-28-9-7-26/h11-13H,2-10H2,1H3,(H2,22,23,24). The lowest BCUT2D eigenvalue weighted by Crippen LogP contribution is -2.47. The van der Waals surface area contributed by atoms with Crippen molar-refractivity contribution in [1.29, 1.82) is 0 Å². The van der Waals surface area contributed by atoms with Gasteiger partial charge in [-0.2, -0.15) is 24.9 Å². The van der Waals surface area contributed by atoms with Crippen molar-refractivity contribution in [2.45, 2.75) is 44.4 Å². The number of carbonyl (C=O) groups is 1. The quantitative estimate of drug-likeness (QED) is 0.546. The van der Waals surface area contributed by atoms with Gasteiger partial charge in [0, 0.05) is 49.0 Å². The summed E-state index contributed by atoms with van der Waals surface area (Å²) in [6.07, 6.45) is -0.987. The van der Waals surface area contributed by atoms with Gasteiger partial charge in [-0.3, -0.25) is 9.79 Å². The molecule has 3 rings (SSSR count). The van der Waals surface area contributed by atoms with E-state index in [4.69, 9.17) is 0 Å². The number of nitrogens with one attached hydrogen (secondary N) is 2. The van der Waals surface area contributed by atoms with Crippen LogP contribution in [0.25, 0.3) is 0 Å². The number of thioether (sulfide) groups is 1. The zero-order valence-corrected chi connectivity index (χ0v) is 17.9. The molecule has 6 nitrogen and oxygen atoms in total. The Labute approximate surface area is 176 Å². The van der Waals surface area contributed by atoms with Crippen LogP contribution in [0.2, 0.25) is 0 Å². The van der Waals surface area contributed by atoms with Crippen molar-refractivity contribution in [3.63, 3.8) is 0 Å². The van der Waals surface area contributed by atoms with Crippen LogP contribution >= 0.6 is 23.1 Å². The van der Waals surface area contributed by atoms with Gasteiger partial charge in [-0.1, -0.05) is 0 Å². The SMILES string of the molecule is CN=C(NCc1nc(C(F)(F)F)cs1)NC1CCC(C(=O)N2CCSCC2)CC1. The molecule has 0 atom stereocenters. The number of hydrogen-bond donors (Lipinski definition) is 2. The molecule has 2 aliphatic rings. The molecule has 1 aliphatic heterocycles. The number of nitrogens with zero attached hydrogens (tertiary/aromatic N) is 3. The number of halogens is 3. The van der Waals surface area contributed by atoms with Crippen molar-refractivity contribution < 1.29 is 18.0 Å². The molecule has 0 bridgehead atoms. The molecule has 0 spiro atoms. The average molecular weight is 450 g/mol. The first-order chi connectivity index (χ1) is 13.9. The predicted molar refractivity (Wildman–Crippen MR) is 110 cm³/mol. The van der Waals surface area contributed by atoms with Gasteiger partial charge in [-0.25, -0.2) is 4.98 Å². The Kier molecular flexibility index (Phi) is 7.66. The van der Waals surface area contributed by atoms with E-state index in [-0.39, 0.29) is 24.4 Å². The first kappa shape index (κ1) is 22.2. The lowest BCUT2D eigenvalue weighted by Gasteiger charge is -2.34. The molecule has 29 heavy (non-hydrogen) atoms. The van der Waals surface area contributed by atoms with E-state index in [2.05, 4.69) is 20.6 Å². The van der Waals surface area contributed by atoms with Crippen molar-refractivity contribution in [3.8, 4) is 0 Å². The molecular formula is C18H26F3N5OS2. The van der Waals surface area contributed by atoms with Crippen LogP contribution < -0.4 is 10.6 Å². The fraction of sp³-hybridized carbons (Fsp3) is 0.722. The largest absolute Gasteiger partial charge is 0.434 e. The summed E-state index contributed by atoms with van der Waals surface area (Å²) in [5.74, 6) is 2.97. The van der Waals surface area contributed by atoms with E-state index in [1.165, 1.54) is 0 Å². The van der Waals surface area contributed by atoms with Gasteiger partial charge in [0.05, 0.1) is 6.54 Å². The second-order valence-corrected chi connectivity index (χ2v) is 9.35. The van der Waals surface area contributed by atoms with Crippen molar-refractivity contribution in [2.24, 2.45) is 10.9 Å². The number of hydrogen-bond acceptors (Lipinski definition) is 5. The molecule has 0 unspecified atom stereocenters. The molecule has 1 saturated heterocycles. The number of rotatable bonds is 4. The second kappa shape index (κ2) is 10.0. The van der Waals surface area contributed by atoms with E-state index < -0.39 is 11.9 Å². The first-order valence-corrected chi connectivity index (χ1v) is 11.8. The molecule has 2 N–H and O–H groups in total. The fourth-order valence-electron chi connectivity index (χ4n) is 3.60. The highest BCUT2D eigenvalue weighted by atomic mass is 32.2. The lowest BCUT2D eigenvalue weighted by molar-refractivity contribution is -0.140. The average Bonchev–Trinajstić information content (AvgIpc) is 3.21. The third-order valence-corrected chi connectivity index (χ3v) is 7.00. The topological polar surface area (TPSA) is 69.6 Å². The summed E-state index contributed by atoms with van der Waals surface area (Å²) in [6.45, 7) is 1.89. The second-order valence-electron chi connectivity index (χ2n) is 7.18. The Morgan fingerprint density at radius 1 is 1.28 bits per heavy atom. The van der Waals surface area contributed by atoms with E-state index in [1.807, 2.05) is 16.7 Å². The monoisotopic (exact) mass is 449 g/mol. The zero-order chi connectivity index (χ0) is 20.9. The van der Waals surface area contributed by atoms with E-state index in [9.17, 15) is 18.0 Å². The minimum absolute atomic E-state index is 0.0993. The van der Waals surface area contributed by atoms with Gasteiger partial charge in [0.1, 0.15) is 5.01 Å². The van der Waals surface area contributed by atoms with Crippen LogP contribution in [0.3, 0.4) is 0 Å². The maximum absolute atomic E-state index is 12.6. The Bertz CT molecular complexity index is 711. The van der Waals surface area contributed by atoms with Gasteiger partial charge < -0.3 is 15.5 Å². The van der Waals surface area contributed by atoms with Crippen molar-refractivity contribution in [2.75, 3.05) is 31.6 Å². The predicted octanol–water partition coefficient (Wildman–Crippen LogP) is 2.96. The maximum Gasteiger partial charge on any atom is 0.434 e. The van der Waals surface area contributed by atoms with Crippen LogP contribution in [0.15, 0.2) is 10.4 Å². The summed E-state index contributed by atoms with van der Waals surface area (Å²) < 4.78 is 37.9. The summed E-state index contributed by atoms with van der Waals surface area (Å²) in [7, 11) is 1.63. The van der Waals surface area contributed by atoms with Gasteiger partial charge in [-0.05, 0) is 25.7 Å². The Morgan fingerprint density at radius 2 is 1.97 bits per heavy atom.